The Labute approximate surface area is 139 Å². The minimum atomic E-state index is -0.671. The Bertz CT molecular complexity index is 632. The predicted molar refractivity (Wildman–Crippen MR) is 88.8 cm³/mol. The van der Waals surface area contributed by atoms with Gasteiger partial charge in [-0.15, -0.1) is 11.8 Å². The van der Waals surface area contributed by atoms with Crippen LogP contribution in [0.5, 0.6) is 0 Å². The fourth-order valence-corrected chi connectivity index (χ4v) is 2.20. The molecule has 0 saturated heterocycles. The quantitative estimate of drug-likeness (QED) is 0.466. The summed E-state index contributed by atoms with van der Waals surface area (Å²) < 4.78 is 9.77. The molecule has 1 rings (SSSR count). The first-order valence-corrected chi connectivity index (χ1v) is 8.19. The van der Waals surface area contributed by atoms with E-state index in [1.165, 1.54) is 11.8 Å². The molecule has 0 aromatic heterocycles. The van der Waals surface area contributed by atoms with Crippen LogP contribution >= 0.6 is 11.8 Å². The van der Waals surface area contributed by atoms with Crippen LogP contribution in [0.2, 0.25) is 0 Å². The predicted octanol–water partition coefficient (Wildman–Crippen LogP) is 2.94. The maximum atomic E-state index is 11.8. The highest BCUT2D eigenvalue weighted by molar-refractivity contribution is 8.02. The Morgan fingerprint density at radius 1 is 1.17 bits per heavy atom. The number of hydrogen-bond acceptors (Lipinski definition) is 7. The normalized spacial score (nSPS) is 11.0. The van der Waals surface area contributed by atoms with Crippen molar-refractivity contribution in [3.05, 3.63) is 40.4 Å². The molecule has 0 radical (unpaired) electrons. The van der Waals surface area contributed by atoms with Gasteiger partial charge in [0.15, 0.2) is 5.57 Å². The number of anilines is 1. The molecule has 0 amide bonds. The molecular formula is C16H18N2O4S. The number of esters is 2. The van der Waals surface area contributed by atoms with Gasteiger partial charge in [0.2, 0.25) is 0 Å². The molecule has 0 heterocycles. The molecule has 0 aliphatic rings. The number of rotatable bonds is 7. The second-order valence-corrected chi connectivity index (χ2v) is 4.98. The Balaban J connectivity index is 2.97. The molecule has 1 N–H and O–H groups in total. The topological polar surface area (TPSA) is 88.4 Å². The van der Waals surface area contributed by atoms with Crippen LogP contribution in [0.15, 0.2) is 34.9 Å². The molecule has 6 nitrogen and oxygen atoms in total. The molecule has 1 aromatic rings. The highest BCUT2D eigenvalue weighted by Gasteiger charge is 2.16. The third-order valence-electron chi connectivity index (χ3n) is 2.68. The first kappa shape index (κ1) is 18.6. The van der Waals surface area contributed by atoms with Gasteiger partial charge in [-0.05, 0) is 44.4 Å². The maximum Gasteiger partial charge on any atom is 0.351 e. The highest BCUT2D eigenvalue weighted by atomic mass is 32.2. The number of benzene rings is 1. The van der Waals surface area contributed by atoms with E-state index >= 15 is 0 Å². The van der Waals surface area contributed by atoms with Gasteiger partial charge in [0, 0.05) is 5.69 Å². The summed E-state index contributed by atoms with van der Waals surface area (Å²) in [5.41, 5.74) is 0.978. The van der Waals surface area contributed by atoms with Crippen LogP contribution in [0.25, 0.3) is 0 Å². The molecule has 122 valence electrons. The van der Waals surface area contributed by atoms with E-state index < -0.39 is 11.9 Å². The fraction of sp³-hybridized carbons (Fsp3) is 0.312. The van der Waals surface area contributed by atoms with Crippen LogP contribution in [-0.4, -0.2) is 31.4 Å². The summed E-state index contributed by atoms with van der Waals surface area (Å²) in [5.74, 6) is -1.07. The van der Waals surface area contributed by atoms with Crippen LogP contribution in [0, 0.1) is 11.3 Å². The summed E-state index contributed by atoms with van der Waals surface area (Å²) in [5, 5.41) is 12.5. The molecule has 1 aromatic carbocycles. The number of carbonyl (C=O) groups is 2. The Kier molecular flexibility index (Phi) is 7.71. The van der Waals surface area contributed by atoms with E-state index in [-0.39, 0.29) is 12.2 Å². The zero-order valence-corrected chi connectivity index (χ0v) is 14.0. The zero-order chi connectivity index (χ0) is 17.2. The summed E-state index contributed by atoms with van der Waals surface area (Å²) in [6.07, 6.45) is 1.74. The SMILES string of the molecule is CCOC(=O)/C(C#N)=C(/Nc1ccc(C(=O)OCC)cc1)SC. The second kappa shape index (κ2) is 9.54. The van der Waals surface area contributed by atoms with Gasteiger partial charge in [-0.2, -0.15) is 5.26 Å². The average Bonchev–Trinajstić information content (AvgIpc) is 2.55. The lowest BCUT2D eigenvalue weighted by molar-refractivity contribution is -0.138. The molecule has 0 atom stereocenters. The van der Waals surface area contributed by atoms with E-state index in [1.807, 2.05) is 6.07 Å². The largest absolute Gasteiger partial charge is 0.462 e. The second-order valence-electron chi connectivity index (χ2n) is 4.16. The van der Waals surface area contributed by atoms with Crippen molar-refractivity contribution < 1.29 is 19.1 Å². The van der Waals surface area contributed by atoms with E-state index in [2.05, 4.69) is 5.32 Å². The smallest absolute Gasteiger partial charge is 0.351 e. The number of nitrogens with one attached hydrogen (secondary N) is 1. The van der Waals surface area contributed by atoms with Crippen molar-refractivity contribution in [3.63, 3.8) is 0 Å². The summed E-state index contributed by atoms with van der Waals surface area (Å²) >= 11 is 1.22. The number of hydrogen-bond donors (Lipinski definition) is 1. The van der Waals surface area contributed by atoms with Crippen LogP contribution in [-0.2, 0) is 14.3 Å². The summed E-state index contributed by atoms with van der Waals surface area (Å²) in [6, 6.07) is 8.40. The first-order chi connectivity index (χ1) is 11.1. The molecular weight excluding hydrogens is 316 g/mol. The van der Waals surface area contributed by atoms with E-state index in [0.717, 1.165) is 0 Å². The van der Waals surface area contributed by atoms with Gasteiger partial charge < -0.3 is 14.8 Å². The third-order valence-corrected chi connectivity index (χ3v) is 3.39. The van der Waals surface area contributed by atoms with Crippen molar-refractivity contribution in [3.8, 4) is 6.07 Å². The number of ether oxygens (including phenoxy) is 2. The van der Waals surface area contributed by atoms with Gasteiger partial charge in [-0.25, -0.2) is 9.59 Å². The Hall–Kier alpha value is -2.46. The van der Waals surface area contributed by atoms with Gasteiger partial charge in [-0.3, -0.25) is 0 Å². The van der Waals surface area contributed by atoms with Crippen molar-refractivity contribution in [1.82, 2.24) is 0 Å². The lowest BCUT2D eigenvalue weighted by Gasteiger charge is -2.11. The average molecular weight is 334 g/mol. The fourth-order valence-electron chi connectivity index (χ4n) is 1.64. The highest BCUT2D eigenvalue weighted by Crippen LogP contribution is 2.22. The molecule has 0 saturated carbocycles. The van der Waals surface area contributed by atoms with E-state index in [0.29, 0.717) is 22.9 Å². The number of nitriles is 1. The van der Waals surface area contributed by atoms with Gasteiger partial charge in [0.25, 0.3) is 0 Å². The third kappa shape index (κ3) is 5.34. The van der Waals surface area contributed by atoms with Crippen LogP contribution < -0.4 is 5.32 Å². The minimum Gasteiger partial charge on any atom is -0.462 e. The zero-order valence-electron chi connectivity index (χ0n) is 13.2. The van der Waals surface area contributed by atoms with Crippen molar-refractivity contribution in [1.29, 1.82) is 5.26 Å². The summed E-state index contributed by atoms with van der Waals surface area (Å²) in [7, 11) is 0. The van der Waals surface area contributed by atoms with Crippen molar-refractivity contribution in [2.75, 3.05) is 24.8 Å². The van der Waals surface area contributed by atoms with Gasteiger partial charge in [0.1, 0.15) is 6.07 Å². The maximum absolute atomic E-state index is 11.8. The molecule has 0 fully saturated rings. The molecule has 0 unspecified atom stereocenters. The molecule has 0 aliphatic heterocycles. The van der Waals surface area contributed by atoms with E-state index in [4.69, 9.17) is 14.7 Å². The van der Waals surface area contributed by atoms with Crippen LogP contribution in [0.4, 0.5) is 5.69 Å². The van der Waals surface area contributed by atoms with Gasteiger partial charge >= 0.3 is 11.9 Å². The number of nitrogens with zero attached hydrogens (tertiary/aromatic N) is 1. The molecule has 7 heteroatoms. The molecule has 23 heavy (non-hydrogen) atoms. The van der Waals surface area contributed by atoms with E-state index in [1.54, 1.807) is 44.4 Å². The van der Waals surface area contributed by atoms with Crippen LogP contribution in [0.3, 0.4) is 0 Å². The Morgan fingerprint density at radius 2 is 1.78 bits per heavy atom. The van der Waals surface area contributed by atoms with Crippen molar-refractivity contribution in [2.24, 2.45) is 0 Å². The number of carbonyl (C=O) groups excluding carboxylic acids is 2. The lowest BCUT2D eigenvalue weighted by Crippen LogP contribution is -2.11. The molecule has 0 aliphatic carbocycles. The Morgan fingerprint density at radius 3 is 2.26 bits per heavy atom. The minimum absolute atomic E-state index is 0.0891. The summed E-state index contributed by atoms with van der Waals surface area (Å²) in [4.78, 5) is 23.4. The van der Waals surface area contributed by atoms with Gasteiger partial charge in [0.05, 0.1) is 23.8 Å². The molecule has 0 spiro atoms. The van der Waals surface area contributed by atoms with E-state index in [9.17, 15) is 9.59 Å². The number of thioether (sulfide) groups is 1. The van der Waals surface area contributed by atoms with Crippen LogP contribution in [0.1, 0.15) is 24.2 Å². The van der Waals surface area contributed by atoms with Gasteiger partial charge in [-0.1, -0.05) is 0 Å². The summed E-state index contributed by atoms with van der Waals surface area (Å²) in [6.45, 7) is 3.92. The lowest BCUT2D eigenvalue weighted by atomic mass is 10.2. The van der Waals surface area contributed by atoms with Crippen molar-refractivity contribution in [2.45, 2.75) is 13.8 Å². The van der Waals surface area contributed by atoms with Crippen molar-refractivity contribution >= 4 is 29.4 Å². The first-order valence-electron chi connectivity index (χ1n) is 6.97. The monoisotopic (exact) mass is 334 g/mol. The standard InChI is InChI=1S/C16H18N2O4S/c1-4-21-15(19)11-6-8-12(9-7-11)18-14(23-3)13(10-17)16(20)22-5-2/h6-9,18H,4-5H2,1-3H3/b14-13-. The molecule has 0 bridgehead atoms.